The number of benzene rings is 2. The van der Waals surface area contributed by atoms with Gasteiger partial charge in [0.1, 0.15) is 0 Å². The van der Waals surface area contributed by atoms with Gasteiger partial charge in [0.15, 0.2) is 0 Å². The number of likely N-dealkylation sites (N-methyl/N-ethyl adjacent to an activating group) is 1. The average molecular weight is 368 g/mol. The summed E-state index contributed by atoms with van der Waals surface area (Å²) < 4.78 is 1.09. The van der Waals surface area contributed by atoms with E-state index < -0.39 is 0 Å². The molecule has 0 aromatic heterocycles. The van der Waals surface area contributed by atoms with Crippen molar-refractivity contribution in [1.29, 1.82) is 0 Å². The van der Waals surface area contributed by atoms with Crippen molar-refractivity contribution >= 4 is 27.5 Å². The van der Waals surface area contributed by atoms with Gasteiger partial charge in [-0.1, -0.05) is 57.9 Å². The Bertz CT molecular complexity index is 586. The van der Waals surface area contributed by atoms with Gasteiger partial charge in [-0.3, -0.25) is 4.90 Å². The van der Waals surface area contributed by atoms with Gasteiger partial charge in [-0.25, -0.2) is 0 Å². The third-order valence-electron chi connectivity index (χ3n) is 3.94. The number of nitrogens with two attached hydrogens (primary N) is 1. The summed E-state index contributed by atoms with van der Waals surface area (Å²) in [6.07, 6.45) is 0. The molecule has 112 valence electrons. The first-order chi connectivity index (χ1) is 10.0. The van der Waals surface area contributed by atoms with E-state index in [1.807, 2.05) is 24.3 Å². The van der Waals surface area contributed by atoms with E-state index in [9.17, 15) is 0 Å². The first kappa shape index (κ1) is 16.5. The van der Waals surface area contributed by atoms with E-state index in [1.54, 1.807) is 0 Å². The second-order valence-corrected chi connectivity index (χ2v) is 6.46. The fraction of sp³-hybridized carbons (Fsp3) is 0.294. The molecule has 2 rings (SSSR count). The van der Waals surface area contributed by atoms with E-state index in [4.69, 9.17) is 17.3 Å². The Hall–Kier alpha value is -0.870. The summed E-state index contributed by atoms with van der Waals surface area (Å²) in [6.45, 7) is 2.75. The molecular formula is C17H20BrClN2. The van der Waals surface area contributed by atoms with Crippen molar-refractivity contribution in [1.82, 2.24) is 4.90 Å². The second-order valence-electron chi connectivity index (χ2n) is 5.17. The lowest BCUT2D eigenvalue weighted by molar-refractivity contribution is 0.189. The van der Waals surface area contributed by atoms with Crippen molar-refractivity contribution in [2.75, 3.05) is 13.6 Å². The molecule has 2 aromatic rings. The molecule has 0 bridgehead atoms. The quantitative estimate of drug-likeness (QED) is 0.823. The lowest BCUT2D eigenvalue weighted by atomic mass is 10.0. The van der Waals surface area contributed by atoms with Crippen LogP contribution in [0.25, 0.3) is 0 Å². The second kappa shape index (κ2) is 7.41. The van der Waals surface area contributed by atoms with Crippen LogP contribution in [0.3, 0.4) is 0 Å². The third kappa shape index (κ3) is 3.86. The van der Waals surface area contributed by atoms with Crippen LogP contribution in [0, 0.1) is 0 Å². The molecule has 2 aromatic carbocycles. The minimum atomic E-state index is 0.159. The minimum Gasteiger partial charge on any atom is -0.329 e. The van der Waals surface area contributed by atoms with Gasteiger partial charge in [0, 0.05) is 28.1 Å². The largest absolute Gasteiger partial charge is 0.329 e. The van der Waals surface area contributed by atoms with Gasteiger partial charge >= 0.3 is 0 Å². The van der Waals surface area contributed by atoms with Crippen LogP contribution in [-0.2, 0) is 0 Å². The molecule has 0 aliphatic carbocycles. The first-order valence-electron chi connectivity index (χ1n) is 6.96. The summed E-state index contributed by atoms with van der Waals surface area (Å²) in [5.41, 5.74) is 8.47. The summed E-state index contributed by atoms with van der Waals surface area (Å²) in [5.74, 6) is 0. The Labute approximate surface area is 140 Å². The van der Waals surface area contributed by atoms with Crippen LogP contribution in [0.15, 0.2) is 53.0 Å². The van der Waals surface area contributed by atoms with Crippen LogP contribution in [0.5, 0.6) is 0 Å². The van der Waals surface area contributed by atoms with Crippen LogP contribution in [0.2, 0.25) is 5.02 Å². The van der Waals surface area contributed by atoms with Gasteiger partial charge in [-0.2, -0.15) is 0 Å². The lowest BCUT2D eigenvalue weighted by Crippen LogP contribution is -2.33. The van der Waals surface area contributed by atoms with E-state index in [-0.39, 0.29) is 12.1 Å². The van der Waals surface area contributed by atoms with E-state index in [0.29, 0.717) is 6.54 Å². The molecule has 0 saturated heterocycles. The summed E-state index contributed by atoms with van der Waals surface area (Å²) in [6, 6.07) is 16.6. The van der Waals surface area contributed by atoms with Gasteiger partial charge in [-0.05, 0) is 43.3 Å². The lowest BCUT2D eigenvalue weighted by Gasteiger charge is -2.33. The normalized spacial score (nSPS) is 14.2. The molecular weight excluding hydrogens is 348 g/mol. The summed E-state index contributed by atoms with van der Waals surface area (Å²) in [4.78, 5) is 2.29. The number of nitrogens with zero attached hydrogens (tertiary/aromatic N) is 1. The highest BCUT2D eigenvalue weighted by Crippen LogP contribution is 2.32. The molecule has 0 fully saturated rings. The Kier molecular flexibility index (Phi) is 5.82. The van der Waals surface area contributed by atoms with E-state index in [2.05, 4.69) is 59.1 Å². The predicted molar refractivity (Wildman–Crippen MR) is 93.6 cm³/mol. The van der Waals surface area contributed by atoms with Gasteiger partial charge in [0.2, 0.25) is 0 Å². The molecule has 2 nitrogen and oxygen atoms in total. The summed E-state index contributed by atoms with van der Waals surface area (Å²) in [5, 5.41) is 0.759. The molecule has 2 N–H and O–H groups in total. The van der Waals surface area contributed by atoms with Gasteiger partial charge < -0.3 is 5.73 Å². The summed E-state index contributed by atoms with van der Waals surface area (Å²) >= 11 is 9.58. The maximum atomic E-state index is 6.03. The van der Waals surface area contributed by atoms with Crippen molar-refractivity contribution in [3.8, 4) is 0 Å². The maximum Gasteiger partial charge on any atom is 0.0484 e. The van der Waals surface area contributed by atoms with E-state index in [0.717, 1.165) is 9.50 Å². The molecule has 2 atom stereocenters. The Morgan fingerprint density at radius 1 is 1.14 bits per heavy atom. The number of hydrogen-bond acceptors (Lipinski definition) is 2. The van der Waals surface area contributed by atoms with Crippen molar-refractivity contribution in [2.45, 2.75) is 19.0 Å². The Balaban J connectivity index is 2.25. The Morgan fingerprint density at radius 2 is 1.76 bits per heavy atom. The van der Waals surface area contributed by atoms with Crippen molar-refractivity contribution in [3.05, 3.63) is 69.2 Å². The maximum absolute atomic E-state index is 6.03. The minimum absolute atomic E-state index is 0.159. The molecule has 0 aliphatic heterocycles. The van der Waals surface area contributed by atoms with E-state index >= 15 is 0 Å². The van der Waals surface area contributed by atoms with Crippen LogP contribution in [0.1, 0.15) is 30.1 Å². The van der Waals surface area contributed by atoms with Crippen LogP contribution in [0.4, 0.5) is 0 Å². The van der Waals surface area contributed by atoms with Crippen LogP contribution < -0.4 is 5.73 Å². The summed E-state index contributed by atoms with van der Waals surface area (Å²) in [7, 11) is 2.11. The molecule has 0 heterocycles. The van der Waals surface area contributed by atoms with Crippen molar-refractivity contribution in [2.24, 2.45) is 5.73 Å². The first-order valence-corrected chi connectivity index (χ1v) is 8.13. The zero-order chi connectivity index (χ0) is 15.4. The molecule has 0 spiro atoms. The highest BCUT2D eigenvalue weighted by Gasteiger charge is 2.22. The number of halogens is 2. The van der Waals surface area contributed by atoms with Crippen molar-refractivity contribution in [3.63, 3.8) is 0 Å². The fourth-order valence-electron chi connectivity index (χ4n) is 2.50. The van der Waals surface area contributed by atoms with Gasteiger partial charge in [0.25, 0.3) is 0 Å². The Morgan fingerprint density at radius 3 is 2.33 bits per heavy atom. The van der Waals surface area contributed by atoms with E-state index in [1.165, 1.54) is 11.1 Å². The third-order valence-corrected chi connectivity index (χ3v) is 4.92. The number of rotatable bonds is 5. The molecule has 4 heteroatoms. The topological polar surface area (TPSA) is 29.3 Å². The van der Waals surface area contributed by atoms with Crippen LogP contribution >= 0.6 is 27.5 Å². The average Bonchev–Trinajstić information content (AvgIpc) is 2.50. The molecule has 2 unspecified atom stereocenters. The standard InChI is InChI=1S/C17H20BrClN2/c1-12(13-7-9-14(19)10-8-13)21(2)17(11-20)15-5-3-4-6-16(15)18/h3-10,12,17H,11,20H2,1-2H3. The molecule has 0 aliphatic rings. The smallest absolute Gasteiger partial charge is 0.0484 e. The highest BCUT2D eigenvalue weighted by atomic mass is 79.9. The van der Waals surface area contributed by atoms with Gasteiger partial charge in [0.05, 0.1) is 0 Å². The van der Waals surface area contributed by atoms with Crippen LogP contribution in [-0.4, -0.2) is 18.5 Å². The highest BCUT2D eigenvalue weighted by molar-refractivity contribution is 9.10. The molecule has 21 heavy (non-hydrogen) atoms. The SMILES string of the molecule is CC(c1ccc(Cl)cc1)N(C)C(CN)c1ccccc1Br. The fourth-order valence-corrected chi connectivity index (χ4v) is 3.18. The predicted octanol–water partition coefficient (Wildman–Crippen LogP) is 4.80. The number of hydrogen-bond donors (Lipinski definition) is 1. The van der Waals surface area contributed by atoms with Gasteiger partial charge in [-0.15, -0.1) is 0 Å². The molecule has 0 saturated carbocycles. The zero-order valence-electron chi connectivity index (χ0n) is 12.3. The molecule has 0 radical (unpaired) electrons. The molecule has 0 amide bonds. The monoisotopic (exact) mass is 366 g/mol. The zero-order valence-corrected chi connectivity index (χ0v) is 14.6. The van der Waals surface area contributed by atoms with Crippen molar-refractivity contribution < 1.29 is 0 Å².